The van der Waals surface area contributed by atoms with Crippen LogP contribution in [0.3, 0.4) is 0 Å². The molecule has 0 atom stereocenters. The molecule has 0 aliphatic carbocycles. The van der Waals surface area contributed by atoms with Crippen LogP contribution in [0.4, 0.5) is 10.1 Å². The molecule has 3 aromatic heterocycles. The Bertz CT molecular complexity index is 1460. The third-order valence-electron chi connectivity index (χ3n) is 5.17. The van der Waals surface area contributed by atoms with Gasteiger partial charge in [-0.3, -0.25) is 14.3 Å². The van der Waals surface area contributed by atoms with E-state index in [0.717, 1.165) is 10.9 Å². The van der Waals surface area contributed by atoms with Crippen molar-refractivity contribution in [1.29, 1.82) is 0 Å². The average Bonchev–Trinajstić information content (AvgIpc) is 3.42. The Kier molecular flexibility index (Phi) is 4.87. The number of carbonyl (C=O) groups is 1. The Labute approximate surface area is 181 Å². The zero-order valence-corrected chi connectivity index (χ0v) is 16.8. The Balaban J connectivity index is 1.36. The van der Waals surface area contributed by atoms with E-state index in [9.17, 15) is 14.0 Å². The molecule has 0 saturated carbocycles. The van der Waals surface area contributed by atoms with Crippen LogP contribution in [0.25, 0.3) is 22.2 Å². The summed E-state index contributed by atoms with van der Waals surface area (Å²) in [5.74, 6) is -0.713. The molecule has 0 bridgehead atoms. The molecular weight excluding hydrogens is 409 g/mol. The molecule has 0 unspecified atom stereocenters. The minimum Gasteiger partial charge on any atom is -0.354 e. The number of H-pyrrole nitrogens is 2. The van der Waals surface area contributed by atoms with Gasteiger partial charge in [-0.15, -0.1) is 0 Å². The van der Waals surface area contributed by atoms with Gasteiger partial charge in [0.2, 0.25) is 0 Å². The largest absolute Gasteiger partial charge is 0.354 e. The summed E-state index contributed by atoms with van der Waals surface area (Å²) in [6.07, 6.45) is 4.48. The van der Waals surface area contributed by atoms with Crippen LogP contribution in [-0.4, -0.2) is 25.7 Å². The fourth-order valence-electron chi connectivity index (χ4n) is 3.55. The Morgan fingerprint density at radius 3 is 2.75 bits per heavy atom. The van der Waals surface area contributed by atoms with Gasteiger partial charge in [0.1, 0.15) is 5.82 Å². The highest BCUT2D eigenvalue weighted by Gasteiger charge is 2.13. The highest BCUT2D eigenvalue weighted by Crippen LogP contribution is 2.22. The van der Waals surface area contributed by atoms with E-state index in [1.807, 2.05) is 30.3 Å². The van der Waals surface area contributed by atoms with E-state index in [-0.39, 0.29) is 17.9 Å². The smallest absolute Gasteiger partial charge is 0.257 e. The first-order chi connectivity index (χ1) is 15.6. The number of hydrogen-bond donors (Lipinski definition) is 3. The number of para-hydroxylation sites is 1. The molecule has 3 N–H and O–H groups in total. The number of benzene rings is 2. The number of amides is 1. The van der Waals surface area contributed by atoms with Crippen LogP contribution >= 0.6 is 0 Å². The molecule has 158 valence electrons. The SMILES string of the molecule is O=C(Nc1cnn(Cc2ccccc2F)c1)c1c[nH]c(=O)c(-c2cc3ccccc3[nH]2)c1. The number of nitrogens with zero attached hydrogens (tertiary/aromatic N) is 2. The number of nitrogens with one attached hydrogen (secondary N) is 3. The molecule has 32 heavy (non-hydrogen) atoms. The lowest BCUT2D eigenvalue weighted by Gasteiger charge is -2.05. The quantitative estimate of drug-likeness (QED) is 0.393. The second kappa shape index (κ2) is 7.99. The summed E-state index contributed by atoms with van der Waals surface area (Å²) in [5.41, 5.74) is 2.84. The third kappa shape index (κ3) is 3.81. The average molecular weight is 427 g/mol. The van der Waals surface area contributed by atoms with Gasteiger partial charge in [0.25, 0.3) is 11.5 Å². The molecule has 2 aromatic carbocycles. The maximum absolute atomic E-state index is 13.8. The van der Waals surface area contributed by atoms with Crippen molar-refractivity contribution in [2.24, 2.45) is 0 Å². The van der Waals surface area contributed by atoms with Crippen molar-refractivity contribution in [1.82, 2.24) is 19.7 Å². The topological polar surface area (TPSA) is 95.6 Å². The molecule has 7 nitrogen and oxygen atoms in total. The van der Waals surface area contributed by atoms with Gasteiger partial charge in [0.15, 0.2) is 0 Å². The third-order valence-corrected chi connectivity index (χ3v) is 5.17. The standard InChI is InChI=1S/C24H18FN5O2/c25-20-7-3-1-6-16(20)13-30-14-18(12-27-30)28-23(31)17-9-19(24(32)26-11-17)22-10-15-5-2-4-8-21(15)29-22/h1-12,14,29H,13H2,(H,26,32)(H,28,31). The maximum Gasteiger partial charge on any atom is 0.257 e. The lowest BCUT2D eigenvalue weighted by Crippen LogP contribution is -2.16. The Morgan fingerprint density at radius 1 is 1.09 bits per heavy atom. The Morgan fingerprint density at radius 2 is 1.91 bits per heavy atom. The van der Waals surface area contributed by atoms with Gasteiger partial charge in [0, 0.05) is 28.9 Å². The van der Waals surface area contributed by atoms with E-state index in [1.54, 1.807) is 30.5 Å². The van der Waals surface area contributed by atoms with Gasteiger partial charge in [-0.2, -0.15) is 5.10 Å². The van der Waals surface area contributed by atoms with Gasteiger partial charge in [0.05, 0.1) is 35.2 Å². The molecule has 0 aliphatic heterocycles. The highest BCUT2D eigenvalue weighted by atomic mass is 19.1. The van der Waals surface area contributed by atoms with Crippen molar-refractivity contribution < 1.29 is 9.18 Å². The van der Waals surface area contributed by atoms with Crippen molar-refractivity contribution in [2.75, 3.05) is 5.32 Å². The van der Waals surface area contributed by atoms with Crippen LogP contribution < -0.4 is 10.9 Å². The minimum atomic E-state index is -0.399. The summed E-state index contributed by atoms with van der Waals surface area (Å²) < 4.78 is 15.4. The number of anilines is 1. The van der Waals surface area contributed by atoms with Crippen molar-refractivity contribution in [3.8, 4) is 11.3 Å². The number of hydrogen-bond acceptors (Lipinski definition) is 3. The molecule has 3 heterocycles. The van der Waals surface area contributed by atoms with Crippen LogP contribution in [0.2, 0.25) is 0 Å². The summed E-state index contributed by atoms with van der Waals surface area (Å²) in [4.78, 5) is 31.0. The molecule has 0 radical (unpaired) electrons. The first-order valence-corrected chi connectivity index (χ1v) is 9.95. The molecule has 8 heteroatoms. The van der Waals surface area contributed by atoms with E-state index in [2.05, 4.69) is 20.4 Å². The molecule has 1 amide bonds. The van der Waals surface area contributed by atoms with Crippen molar-refractivity contribution in [3.05, 3.63) is 107 Å². The Hall–Kier alpha value is -4.46. The van der Waals surface area contributed by atoms with Crippen LogP contribution in [-0.2, 0) is 6.54 Å². The summed E-state index contributed by atoms with van der Waals surface area (Å²) >= 11 is 0. The fourth-order valence-corrected chi connectivity index (χ4v) is 3.55. The lowest BCUT2D eigenvalue weighted by molar-refractivity contribution is 0.102. The maximum atomic E-state index is 13.8. The lowest BCUT2D eigenvalue weighted by atomic mass is 10.1. The molecule has 0 spiro atoms. The van der Waals surface area contributed by atoms with E-state index >= 15 is 0 Å². The van der Waals surface area contributed by atoms with Crippen molar-refractivity contribution in [3.63, 3.8) is 0 Å². The predicted octanol–water partition coefficient (Wildman–Crippen LogP) is 4.16. The van der Waals surface area contributed by atoms with E-state index in [1.165, 1.54) is 23.1 Å². The van der Waals surface area contributed by atoms with Crippen molar-refractivity contribution in [2.45, 2.75) is 6.54 Å². The van der Waals surface area contributed by atoms with Gasteiger partial charge >= 0.3 is 0 Å². The van der Waals surface area contributed by atoms with Gasteiger partial charge in [-0.05, 0) is 24.3 Å². The summed E-state index contributed by atoms with van der Waals surface area (Å²) in [7, 11) is 0. The van der Waals surface area contributed by atoms with Crippen LogP contribution in [0.1, 0.15) is 15.9 Å². The summed E-state index contributed by atoms with van der Waals surface area (Å²) in [6.45, 7) is 0.242. The second-order valence-corrected chi connectivity index (χ2v) is 7.37. The van der Waals surface area contributed by atoms with E-state index < -0.39 is 5.91 Å². The zero-order chi connectivity index (χ0) is 22.1. The van der Waals surface area contributed by atoms with Crippen LogP contribution in [0.5, 0.6) is 0 Å². The normalized spacial score (nSPS) is 11.0. The number of halogens is 1. The number of pyridine rings is 1. The van der Waals surface area contributed by atoms with Crippen LogP contribution in [0.15, 0.2) is 84.0 Å². The number of aromatic amines is 2. The monoisotopic (exact) mass is 427 g/mol. The molecule has 5 rings (SSSR count). The minimum absolute atomic E-state index is 0.242. The molecule has 0 fully saturated rings. The number of carbonyl (C=O) groups excluding carboxylic acids is 1. The summed E-state index contributed by atoms with van der Waals surface area (Å²) in [5, 5.41) is 7.90. The summed E-state index contributed by atoms with van der Waals surface area (Å²) in [6, 6.07) is 17.6. The first-order valence-electron chi connectivity index (χ1n) is 9.95. The number of rotatable bonds is 5. The van der Waals surface area contributed by atoms with Gasteiger partial charge in [-0.25, -0.2) is 4.39 Å². The van der Waals surface area contributed by atoms with Gasteiger partial charge < -0.3 is 15.3 Å². The van der Waals surface area contributed by atoms with Gasteiger partial charge in [-0.1, -0.05) is 36.4 Å². The van der Waals surface area contributed by atoms with E-state index in [0.29, 0.717) is 28.1 Å². The first kappa shape index (κ1) is 19.5. The van der Waals surface area contributed by atoms with Crippen molar-refractivity contribution >= 4 is 22.5 Å². The van der Waals surface area contributed by atoms with E-state index in [4.69, 9.17) is 0 Å². The number of aromatic nitrogens is 4. The molecule has 0 aliphatic rings. The highest BCUT2D eigenvalue weighted by molar-refractivity contribution is 6.04. The molecular formula is C24H18FN5O2. The fraction of sp³-hybridized carbons (Fsp3) is 0.0417. The number of fused-ring (bicyclic) bond motifs is 1. The second-order valence-electron chi connectivity index (χ2n) is 7.37. The zero-order valence-electron chi connectivity index (χ0n) is 16.8. The molecule has 5 aromatic rings. The molecule has 0 saturated heterocycles. The van der Waals surface area contributed by atoms with Crippen LogP contribution in [0, 0.1) is 5.82 Å². The predicted molar refractivity (Wildman–Crippen MR) is 120 cm³/mol.